The van der Waals surface area contributed by atoms with Crippen molar-refractivity contribution in [3.8, 4) is 22.8 Å². The predicted octanol–water partition coefficient (Wildman–Crippen LogP) is 5.44. The molecule has 2 amide bonds. The van der Waals surface area contributed by atoms with Crippen molar-refractivity contribution >= 4 is 40.5 Å². The molecule has 0 bridgehead atoms. The molecule has 1 saturated heterocycles. The summed E-state index contributed by atoms with van der Waals surface area (Å²) in [4.78, 5) is 41.4. The van der Waals surface area contributed by atoms with E-state index < -0.39 is 10.8 Å². The Hall–Kier alpha value is -5.10. The van der Waals surface area contributed by atoms with Gasteiger partial charge in [-0.3, -0.25) is 19.7 Å². The van der Waals surface area contributed by atoms with Gasteiger partial charge in [0.25, 0.3) is 17.5 Å². The Morgan fingerprint density at radius 1 is 1.02 bits per heavy atom. The quantitative estimate of drug-likeness (QED) is 0.205. The van der Waals surface area contributed by atoms with Crippen molar-refractivity contribution in [2.24, 2.45) is 0 Å². The smallest absolute Gasteiger partial charge is 0.294 e. The summed E-state index contributed by atoms with van der Waals surface area (Å²) in [5.74, 6) is 0.774. The lowest BCUT2D eigenvalue weighted by atomic mass is 10.0. The minimum atomic E-state index is -0.601. The topological polar surface area (TPSA) is 140 Å². The molecule has 1 aliphatic rings. The number of nitrogens with one attached hydrogen (secondary N) is 1. The van der Waals surface area contributed by atoms with Gasteiger partial charge in [-0.05, 0) is 49.4 Å². The molecule has 1 fully saturated rings. The molecule has 1 N–H and O–H groups in total. The van der Waals surface area contributed by atoms with Crippen molar-refractivity contribution in [1.82, 2.24) is 10.1 Å². The van der Waals surface area contributed by atoms with Crippen molar-refractivity contribution < 1.29 is 28.5 Å². The highest BCUT2D eigenvalue weighted by atomic mass is 35.5. The van der Waals surface area contributed by atoms with E-state index in [1.54, 1.807) is 49.3 Å². The van der Waals surface area contributed by atoms with Crippen molar-refractivity contribution in [2.75, 3.05) is 50.6 Å². The number of carbonyl (C=O) groups excluding carboxylic acids is 2. The van der Waals surface area contributed by atoms with Crippen LogP contribution in [-0.4, -0.2) is 67.2 Å². The maximum atomic E-state index is 13.7. The third-order valence-corrected chi connectivity index (χ3v) is 7.51. The fourth-order valence-electron chi connectivity index (χ4n) is 4.94. The van der Waals surface area contributed by atoms with E-state index in [9.17, 15) is 19.7 Å². The highest BCUT2D eigenvalue weighted by Crippen LogP contribution is 2.38. The van der Waals surface area contributed by atoms with Gasteiger partial charge < -0.3 is 29.1 Å². The fraction of sp³-hybridized carbons (Fsp3) is 0.233. The Labute approximate surface area is 251 Å². The van der Waals surface area contributed by atoms with Gasteiger partial charge in [-0.1, -0.05) is 28.9 Å². The van der Waals surface area contributed by atoms with E-state index in [1.165, 1.54) is 19.2 Å². The monoisotopic (exact) mass is 605 g/mol. The summed E-state index contributed by atoms with van der Waals surface area (Å²) in [5, 5.41) is 18.7. The van der Waals surface area contributed by atoms with Crippen molar-refractivity contribution in [2.45, 2.75) is 6.92 Å². The summed E-state index contributed by atoms with van der Waals surface area (Å²) in [5.41, 5.74) is 1.87. The van der Waals surface area contributed by atoms with E-state index >= 15 is 0 Å². The Morgan fingerprint density at radius 2 is 1.72 bits per heavy atom. The summed E-state index contributed by atoms with van der Waals surface area (Å²) in [7, 11) is 3.06. The molecule has 13 heteroatoms. The minimum Gasteiger partial charge on any atom is -0.497 e. The van der Waals surface area contributed by atoms with E-state index in [0.717, 1.165) is 0 Å². The van der Waals surface area contributed by atoms with Gasteiger partial charge in [-0.15, -0.1) is 0 Å². The Kier molecular flexibility index (Phi) is 8.48. The van der Waals surface area contributed by atoms with Crippen LogP contribution in [0.4, 0.5) is 17.1 Å². The standard InChI is InChI=1S/C30H28ClN5O7/c1-18-27(28(33-43-18)21-6-4-5-7-26(21)42-3)30(38)35-14-12-34(13-15-35)24-17-23(25(36(39)40)16-22(24)31)32-29(37)19-8-10-20(41-2)11-9-19/h4-11,16-17H,12-15H2,1-3H3,(H,32,37). The minimum absolute atomic E-state index is 0.00488. The number of nitro benzene ring substituents is 1. The second-order valence-electron chi connectivity index (χ2n) is 9.70. The summed E-state index contributed by atoms with van der Waals surface area (Å²) in [6.45, 7) is 3.16. The van der Waals surface area contributed by atoms with Gasteiger partial charge >= 0.3 is 0 Å². The molecular formula is C30H28ClN5O7. The Bertz CT molecular complexity index is 1680. The number of rotatable bonds is 8. The Morgan fingerprint density at radius 3 is 2.37 bits per heavy atom. The first kappa shape index (κ1) is 29.4. The molecule has 0 aliphatic carbocycles. The van der Waals surface area contributed by atoms with Crippen LogP contribution in [0.3, 0.4) is 0 Å². The molecule has 43 heavy (non-hydrogen) atoms. The van der Waals surface area contributed by atoms with Crippen LogP contribution in [0.1, 0.15) is 26.5 Å². The first-order valence-electron chi connectivity index (χ1n) is 13.3. The van der Waals surface area contributed by atoms with Gasteiger partial charge in [0.05, 0.1) is 29.9 Å². The highest BCUT2D eigenvalue weighted by molar-refractivity contribution is 6.33. The molecule has 222 valence electrons. The third kappa shape index (κ3) is 5.95. The number of amides is 2. The van der Waals surface area contributed by atoms with Gasteiger partial charge in [0, 0.05) is 43.4 Å². The van der Waals surface area contributed by atoms with Gasteiger partial charge in [-0.25, -0.2) is 0 Å². The lowest BCUT2D eigenvalue weighted by Crippen LogP contribution is -2.49. The maximum absolute atomic E-state index is 13.7. The second-order valence-corrected chi connectivity index (χ2v) is 10.1. The average molecular weight is 606 g/mol. The van der Waals surface area contributed by atoms with Crippen LogP contribution < -0.4 is 19.7 Å². The van der Waals surface area contributed by atoms with Crippen LogP contribution >= 0.6 is 11.6 Å². The number of methoxy groups -OCH3 is 2. The number of aromatic nitrogens is 1. The predicted molar refractivity (Wildman–Crippen MR) is 160 cm³/mol. The summed E-state index contributed by atoms with van der Waals surface area (Å²) < 4.78 is 16.0. The van der Waals surface area contributed by atoms with Gasteiger partial charge in [0.1, 0.15) is 34.2 Å². The van der Waals surface area contributed by atoms with Crippen LogP contribution in [0, 0.1) is 17.0 Å². The van der Waals surface area contributed by atoms with E-state index in [2.05, 4.69) is 10.5 Å². The molecule has 12 nitrogen and oxygen atoms in total. The van der Waals surface area contributed by atoms with E-state index in [-0.39, 0.29) is 22.3 Å². The number of halogens is 1. The largest absolute Gasteiger partial charge is 0.497 e. The molecule has 0 saturated carbocycles. The first-order chi connectivity index (χ1) is 20.7. The maximum Gasteiger partial charge on any atom is 0.294 e. The molecule has 0 spiro atoms. The lowest BCUT2D eigenvalue weighted by Gasteiger charge is -2.36. The van der Waals surface area contributed by atoms with Crippen molar-refractivity contribution in [3.63, 3.8) is 0 Å². The third-order valence-electron chi connectivity index (χ3n) is 7.21. The van der Waals surface area contributed by atoms with Crippen LogP contribution in [0.5, 0.6) is 11.5 Å². The number of aryl methyl sites for hydroxylation is 1. The first-order valence-corrected chi connectivity index (χ1v) is 13.7. The van der Waals surface area contributed by atoms with E-state index in [0.29, 0.717) is 71.5 Å². The number of para-hydroxylation sites is 1. The Balaban J connectivity index is 1.35. The number of carbonyl (C=O) groups is 2. The SMILES string of the molecule is COc1ccc(C(=O)Nc2cc(N3CCN(C(=O)c4c(-c5ccccc5OC)noc4C)CC3)c(Cl)cc2[N+](=O)[O-])cc1. The molecule has 1 aliphatic heterocycles. The summed E-state index contributed by atoms with van der Waals surface area (Å²) >= 11 is 6.50. The zero-order chi connectivity index (χ0) is 30.7. The average Bonchev–Trinajstić information content (AvgIpc) is 3.42. The number of nitro groups is 1. The molecule has 1 aromatic heterocycles. The second kappa shape index (κ2) is 12.4. The molecule has 4 aromatic rings. The van der Waals surface area contributed by atoms with Crippen molar-refractivity contribution in [3.05, 3.63) is 92.7 Å². The number of hydrogen-bond acceptors (Lipinski definition) is 9. The zero-order valence-corrected chi connectivity index (χ0v) is 24.4. The van der Waals surface area contributed by atoms with E-state index in [1.807, 2.05) is 23.1 Å². The normalized spacial score (nSPS) is 13.0. The molecule has 5 rings (SSSR count). The number of anilines is 2. The van der Waals surface area contributed by atoms with Crippen LogP contribution in [0.15, 0.2) is 65.2 Å². The summed E-state index contributed by atoms with van der Waals surface area (Å²) in [6, 6.07) is 16.3. The van der Waals surface area contributed by atoms with Crippen molar-refractivity contribution in [1.29, 1.82) is 0 Å². The van der Waals surface area contributed by atoms with Gasteiger partial charge in [0.15, 0.2) is 0 Å². The molecular weight excluding hydrogens is 578 g/mol. The zero-order valence-electron chi connectivity index (χ0n) is 23.6. The molecule has 0 atom stereocenters. The number of piperazine rings is 1. The van der Waals surface area contributed by atoms with E-state index in [4.69, 9.17) is 25.6 Å². The van der Waals surface area contributed by atoms with Crippen LogP contribution in [0.25, 0.3) is 11.3 Å². The lowest BCUT2D eigenvalue weighted by molar-refractivity contribution is -0.383. The van der Waals surface area contributed by atoms with Gasteiger partial charge in [0.2, 0.25) is 0 Å². The van der Waals surface area contributed by atoms with Crippen LogP contribution in [0.2, 0.25) is 5.02 Å². The molecule has 3 aromatic carbocycles. The molecule has 0 radical (unpaired) electrons. The fourth-order valence-corrected chi connectivity index (χ4v) is 5.22. The number of hydrogen-bond donors (Lipinski definition) is 1. The summed E-state index contributed by atoms with van der Waals surface area (Å²) in [6.07, 6.45) is 0. The number of ether oxygens (including phenoxy) is 2. The van der Waals surface area contributed by atoms with Gasteiger partial charge in [-0.2, -0.15) is 0 Å². The number of benzene rings is 3. The highest BCUT2D eigenvalue weighted by Gasteiger charge is 2.31. The number of nitrogens with zero attached hydrogens (tertiary/aromatic N) is 4. The molecule has 0 unspecified atom stereocenters. The molecule has 2 heterocycles. The van der Waals surface area contributed by atoms with Crippen LogP contribution in [-0.2, 0) is 0 Å².